The van der Waals surface area contributed by atoms with Crippen LogP contribution in [0.4, 0.5) is 17.6 Å². The molecule has 1 aromatic carbocycles. The van der Waals surface area contributed by atoms with Gasteiger partial charge in [-0.05, 0) is 37.1 Å². The number of ether oxygens (including phenoxy) is 2. The number of rotatable bonds is 7. The quantitative estimate of drug-likeness (QED) is 0.336. The minimum Gasteiger partial charge on any atom is -0.474 e. The number of H-pyrrole nitrogens is 1. The molecule has 2 aliphatic rings. The molecule has 0 radical (unpaired) electrons. The Morgan fingerprint density at radius 2 is 2.00 bits per heavy atom. The van der Waals surface area contributed by atoms with Gasteiger partial charge in [-0.15, -0.1) is 0 Å². The number of hydrogen-bond donors (Lipinski definition) is 1. The third-order valence-electron chi connectivity index (χ3n) is 7.73. The van der Waals surface area contributed by atoms with Crippen LogP contribution in [0.2, 0.25) is 0 Å². The summed E-state index contributed by atoms with van der Waals surface area (Å²) in [7, 11) is 0. The molecule has 40 heavy (non-hydrogen) atoms. The number of aryl methyl sites for hydroxylation is 1. The van der Waals surface area contributed by atoms with Crippen molar-refractivity contribution in [3.8, 4) is 5.88 Å². The van der Waals surface area contributed by atoms with Crippen LogP contribution in [0.25, 0.3) is 11.0 Å². The zero-order valence-corrected chi connectivity index (χ0v) is 21.9. The van der Waals surface area contributed by atoms with E-state index in [1.165, 1.54) is 19.1 Å². The fourth-order valence-electron chi connectivity index (χ4n) is 5.80. The van der Waals surface area contributed by atoms with Gasteiger partial charge < -0.3 is 14.4 Å². The molecule has 2 aromatic heterocycles. The molecule has 0 bridgehead atoms. The van der Waals surface area contributed by atoms with Crippen LogP contribution in [0, 0.1) is 12.7 Å². The highest BCUT2D eigenvalue weighted by Gasteiger charge is 2.55. The Balaban J connectivity index is 1.35. The van der Waals surface area contributed by atoms with Gasteiger partial charge in [-0.1, -0.05) is 18.7 Å². The normalized spacial score (nSPS) is 24.9. The molecule has 5 rings (SSSR count). The number of amides is 1. The van der Waals surface area contributed by atoms with E-state index in [0.717, 1.165) is 10.4 Å². The second-order valence-corrected chi connectivity index (χ2v) is 10.4. The lowest BCUT2D eigenvalue weighted by Crippen LogP contribution is -2.57. The van der Waals surface area contributed by atoms with Gasteiger partial charge in [0.2, 0.25) is 11.8 Å². The highest BCUT2D eigenvalue weighted by molar-refractivity contribution is 6.07. The summed E-state index contributed by atoms with van der Waals surface area (Å²) in [5.74, 6) is -1.47. The van der Waals surface area contributed by atoms with Crippen LogP contribution in [0.5, 0.6) is 5.88 Å². The van der Waals surface area contributed by atoms with E-state index < -0.39 is 53.8 Å². The van der Waals surface area contributed by atoms with E-state index in [1.54, 1.807) is 31.3 Å². The summed E-state index contributed by atoms with van der Waals surface area (Å²) in [6, 6.07) is 6.64. The smallest absolute Gasteiger partial charge is 0.416 e. The van der Waals surface area contributed by atoms with Crippen molar-refractivity contribution in [1.29, 1.82) is 0 Å². The highest BCUT2D eigenvalue weighted by atomic mass is 19.4. The number of hydrogen-bond acceptors (Lipinski definition) is 6. The minimum absolute atomic E-state index is 0.0461. The standard InChI is InChI=1S/C28H28F4N4O4/c1-15-5-4-6-19(29)24(15)27(12-18(13-27)40-22-8-7-20-21(34-22)14-33-35-20)25(38)16(2)11-23(37)36-9-10-39-26(17(36)3)28(30,31)32/h4-8,14,17-18,26H,2,9-13H2,1,3H3,(H,33,35). The summed E-state index contributed by atoms with van der Waals surface area (Å²) in [5, 5.41) is 6.72. The molecule has 212 valence electrons. The predicted octanol–water partition coefficient (Wildman–Crippen LogP) is 4.58. The Morgan fingerprint density at radius 1 is 1.25 bits per heavy atom. The molecule has 1 amide bonds. The fraction of sp³-hybridized carbons (Fsp3) is 0.429. The topological polar surface area (TPSA) is 97.4 Å². The number of aromatic amines is 1. The number of Topliss-reactive ketones (excluding diaryl/α,β-unsaturated/α-hetero) is 1. The van der Waals surface area contributed by atoms with Crippen LogP contribution in [0.1, 0.15) is 37.3 Å². The van der Waals surface area contributed by atoms with Crippen molar-refractivity contribution in [3.63, 3.8) is 0 Å². The lowest BCUT2D eigenvalue weighted by Gasteiger charge is -2.47. The molecule has 3 aromatic rings. The van der Waals surface area contributed by atoms with Crippen molar-refractivity contribution in [2.24, 2.45) is 0 Å². The molecule has 2 unspecified atom stereocenters. The Bertz CT molecular complexity index is 1440. The van der Waals surface area contributed by atoms with Crippen molar-refractivity contribution in [1.82, 2.24) is 20.1 Å². The second kappa shape index (κ2) is 10.3. The predicted molar refractivity (Wildman–Crippen MR) is 136 cm³/mol. The van der Waals surface area contributed by atoms with E-state index in [-0.39, 0.29) is 37.1 Å². The number of fused-ring (bicyclic) bond motifs is 1. The monoisotopic (exact) mass is 560 g/mol. The van der Waals surface area contributed by atoms with Gasteiger partial charge >= 0.3 is 6.18 Å². The number of carbonyl (C=O) groups excluding carboxylic acids is 2. The first-order chi connectivity index (χ1) is 18.9. The zero-order chi connectivity index (χ0) is 28.8. The lowest BCUT2D eigenvalue weighted by atomic mass is 9.58. The van der Waals surface area contributed by atoms with Crippen LogP contribution >= 0.6 is 0 Å². The van der Waals surface area contributed by atoms with Gasteiger partial charge in [0.25, 0.3) is 0 Å². The molecule has 1 N–H and O–H groups in total. The number of carbonyl (C=O) groups is 2. The van der Waals surface area contributed by atoms with E-state index >= 15 is 4.39 Å². The molecule has 1 aliphatic heterocycles. The molecule has 1 saturated carbocycles. The summed E-state index contributed by atoms with van der Waals surface area (Å²) in [6.07, 6.45) is -5.97. The van der Waals surface area contributed by atoms with Gasteiger partial charge in [-0.25, -0.2) is 9.37 Å². The van der Waals surface area contributed by atoms with Gasteiger partial charge in [0.1, 0.15) is 17.4 Å². The van der Waals surface area contributed by atoms with Crippen molar-refractivity contribution < 1.29 is 36.6 Å². The molecule has 2 fully saturated rings. The van der Waals surface area contributed by atoms with Crippen molar-refractivity contribution in [2.75, 3.05) is 13.2 Å². The number of morpholine rings is 1. The lowest BCUT2D eigenvalue weighted by molar-refractivity contribution is -0.250. The van der Waals surface area contributed by atoms with Crippen LogP contribution in [0.3, 0.4) is 0 Å². The molecular weight excluding hydrogens is 532 g/mol. The van der Waals surface area contributed by atoms with Crippen molar-refractivity contribution in [3.05, 3.63) is 65.6 Å². The highest BCUT2D eigenvalue weighted by Crippen LogP contribution is 2.49. The molecule has 12 heteroatoms. The van der Waals surface area contributed by atoms with E-state index in [2.05, 4.69) is 21.8 Å². The molecule has 2 atom stereocenters. The number of halogens is 4. The first kappa shape index (κ1) is 27.8. The minimum atomic E-state index is -4.64. The summed E-state index contributed by atoms with van der Waals surface area (Å²) < 4.78 is 66.1. The number of alkyl halides is 3. The second-order valence-electron chi connectivity index (χ2n) is 10.4. The van der Waals surface area contributed by atoms with Crippen LogP contribution < -0.4 is 4.74 Å². The average Bonchev–Trinajstić information content (AvgIpc) is 3.33. The molecule has 1 saturated heterocycles. The number of aromatic nitrogens is 3. The van der Waals surface area contributed by atoms with Gasteiger partial charge in [0, 0.05) is 31.0 Å². The largest absolute Gasteiger partial charge is 0.474 e. The number of nitrogens with zero attached hydrogens (tertiary/aromatic N) is 3. The Labute approximate surface area is 227 Å². The maximum Gasteiger partial charge on any atom is 0.416 e. The average molecular weight is 561 g/mol. The van der Waals surface area contributed by atoms with E-state index in [4.69, 9.17) is 9.47 Å². The first-order valence-electron chi connectivity index (χ1n) is 12.8. The number of ketones is 1. The molecule has 1 aliphatic carbocycles. The van der Waals surface area contributed by atoms with Crippen LogP contribution in [-0.2, 0) is 19.7 Å². The van der Waals surface area contributed by atoms with Crippen molar-refractivity contribution >= 4 is 22.7 Å². The zero-order valence-electron chi connectivity index (χ0n) is 21.9. The summed E-state index contributed by atoms with van der Waals surface area (Å²) >= 11 is 0. The Hall–Kier alpha value is -3.80. The maximum atomic E-state index is 15.2. The third kappa shape index (κ3) is 4.96. The summed E-state index contributed by atoms with van der Waals surface area (Å²) in [5.41, 5.74) is 0.627. The molecular formula is C28H28F4N4O4. The number of benzene rings is 1. The molecule has 0 spiro atoms. The van der Waals surface area contributed by atoms with Crippen LogP contribution in [-0.4, -0.2) is 69.3 Å². The van der Waals surface area contributed by atoms with Crippen LogP contribution in [0.15, 0.2) is 48.7 Å². The Morgan fingerprint density at radius 3 is 2.70 bits per heavy atom. The molecule has 3 heterocycles. The third-order valence-corrected chi connectivity index (χ3v) is 7.73. The van der Waals surface area contributed by atoms with Gasteiger partial charge in [0.15, 0.2) is 11.9 Å². The van der Waals surface area contributed by atoms with E-state index in [9.17, 15) is 22.8 Å². The van der Waals surface area contributed by atoms with Gasteiger partial charge in [-0.2, -0.15) is 18.3 Å². The first-order valence-corrected chi connectivity index (χ1v) is 12.8. The number of pyridine rings is 1. The van der Waals surface area contributed by atoms with E-state index in [0.29, 0.717) is 17.0 Å². The van der Waals surface area contributed by atoms with Crippen molar-refractivity contribution in [2.45, 2.75) is 63.0 Å². The van der Waals surface area contributed by atoms with Gasteiger partial charge in [0.05, 0.1) is 36.2 Å². The fourth-order valence-corrected chi connectivity index (χ4v) is 5.80. The summed E-state index contributed by atoms with van der Waals surface area (Å²) in [6.45, 7) is 6.44. The SMILES string of the molecule is C=C(CC(=O)N1CCOC(C(F)(F)F)C1C)C(=O)C1(c2c(C)cccc2F)CC(Oc2ccc3[nH]ncc3n2)C1. The van der Waals surface area contributed by atoms with Gasteiger partial charge in [-0.3, -0.25) is 14.7 Å². The number of nitrogens with one attached hydrogen (secondary N) is 1. The summed E-state index contributed by atoms with van der Waals surface area (Å²) in [4.78, 5) is 32.4. The maximum absolute atomic E-state index is 15.2. The Kier molecular flexibility index (Phi) is 7.15. The molecule has 8 nitrogen and oxygen atoms in total. The van der Waals surface area contributed by atoms with E-state index in [1.807, 2.05) is 0 Å².